The summed E-state index contributed by atoms with van der Waals surface area (Å²) >= 11 is 5.98. The van der Waals surface area contributed by atoms with Crippen molar-refractivity contribution in [1.82, 2.24) is 0 Å². The Morgan fingerprint density at radius 1 is 1.03 bits per heavy atom. The van der Waals surface area contributed by atoms with Gasteiger partial charge in [-0.05, 0) is 30.3 Å². The smallest absolute Gasteiger partial charge is 0.308 e. The molecule has 0 fully saturated rings. The summed E-state index contributed by atoms with van der Waals surface area (Å²) in [7, 11) is 0. The molecule has 0 saturated carbocycles. The Morgan fingerprint density at radius 2 is 1.79 bits per heavy atom. The Bertz CT molecular complexity index is 1490. The van der Waals surface area contributed by atoms with Gasteiger partial charge in [0.1, 0.15) is 28.1 Å². The van der Waals surface area contributed by atoms with E-state index in [-0.39, 0.29) is 33.4 Å². The molecule has 0 aliphatic rings. The Hall–Kier alpha value is -4.17. The largest absolute Gasteiger partial charge is 0.455 e. The quantitative estimate of drug-likeness (QED) is 0.147. The van der Waals surface area contributed by atoms with Gasteiger partial charge in [-0.2, -0.15) is 5.10 Å². The number of benzene rings is 3. The summed E-state index contributed by atoms with van der Waals surface area (Å²) in [5.41, 5.74) is 4.01. The molecule has 33 heavy (non-hydrogen) atoms. The van der Waals surface area contributed by atoms with Crippen LogP contribution in [0.3, 0.4) is 0 Å². The summed E-state index contributed by atoms with van der Waals surface area (Å²) in [6.07, 6.45) is 1.50. The third-order valence-electron chi connectivity index (χ3n) is 4.51. The molecule has 1 heterocycles. The van der Waals surface area contributed by atoms with Gasteiger partial charge in [0.05, 0.1) is 17.3 Å². The highest BCUT2D eigenvalue weighted by molar-refractivity contribution is 6.30. The number of nitrogens with one attached hydrogen (secondary N) is 1. The maximum atomic E-state index is 13.3. The summed E-state index contributed by atoms with van der Waals surface area (Å²) in [5.74, 6) is -1.20. The maximum Gasteiger partial charge on any atom is 0.308 e. The topological polar surface area (TPSA) is 107 Å². The highest BCUT2D eigenvalue weighted by Gasteiger charge is 2.18. The van der Waals surface area contributed by atoms with Gasteiger partial charge in [-0.1, -0.05) is 23.7 Å². The lowest BCUT2D eigenvalue weighted by Gasteiger charge is -2.10. The lowest BCUT2D eigenvalue weighted by atomic mass is 10.1. The number of hydrazone groups is 1. The van der Waals surface area contributed by atoms with Crippen LogP contribution in [0.2, 0.25) is 5.02 Å². The highest BCUT2D eigenvalue weighted by atomic mass is 35.5. The van der Waals surface area contributed by atoms with Crippen LogP contribution in [0.25, 0.3) is 21.9 Å². The fourth-order valence-electron chi connectivity index (χ4n) is 3.26. The molecule has 4 rings (SSSR count). The van der Waals surface area contributed by atoms with Gasteiger partial charge in [0.25, 0.3) is 0 Å². The van der Waals surface area contributed by atoms with Crippen LogP contribution in [0.1, 0.15) is 19.4 Å². The van der Waals surface area contributed by atoms with Crippen molar-refractivity contribution in [2.75, 3.05) is 5.43 Å². The van der Waals surface area contributed by atoms with Crippen molar-refractivity contribution < 1.29 is 23.5 Å². The second-order valence-corrected chi connectivity index (χ2v) is 7.45. The number of nitrogens with zero attached hydrogens (tertiary/aromatic N) is 1. The van der Waals surface area contributed by atoms with E-state index in [2.05, 4.69) is 10.5 Å². The molecule has 8 nitrogen and oxygen atoms in total. The number of anilines is 1. The van der Waals surface area contributed by atoms with Gasteiger partial charge >= 0.3 is 11.9 Å². The number of ether oxygens (including phenoxy) is 2. The van der Waals surface area contributed by atoms with E-state index in [1.165, 1.54) is 32.2 Å². The molecular weight excluding hydrogens is 448 g/mol. The number of hydrogen-bond donors (Lipinski definition) is 1. The minimum Gasteiger partial charge on any atom is -0.455 e. The van der Waals surface area contributed by atoms with E-state index < -0.39 is 17.4 Å². The third-order valence-corrected chi connectivity index (χ3v) is 4.74. The van der Waals surface area contributed by atoms with Crippen LogP contribution in [0.15, 0.2) is 68.9 Å². The highest BCUT2D eigenvalue weighted by Crippen LogP contribution is 2.32. The Balaban J connectivity index is 1.85. The van der Waals surface area contributed by atoms with Crippen LogP contribution < -0.4 is 20.3 Å². The van der Waals surface area contributed by atoms with E-state index in [9.17, 15) is 14.4 Å². The molecule has 0 aliphatic heterocycles. The van der Waals surface area contributed by atoms with Crippen LogP contribution in [-0.2, 0) is 9.59 Å². The van der Waals surface area contributed by atoms with Crippen molar-refractivity contribution in [2.45, 2.75) is 13.8 Å². The molecule has 0 amide bonds. The van der Waals surface area contributed by atoms with Gasteiger partial charge in [0, 0.05) is 36.6 Å². The van der Waals surface area contributed by atoms with Gasteiger partial charge in [-0.15, -0.1) is 0 Å². The minimum atomic E-state index is -0.635. The number of halogens is 1. The molecule has 0 spiro atoms. The average molecular weight is 465 g/mol. The van der Waals surface area contributed by atoms with Gasteiger partial charge in [-0.3, -0.25) is 19.8 Å². The summed E-state index contributed by atoms with van der Waals surface area (Å²) in [4.78, 5) is 36.3. The molecular formula is C24H17ClN2O6. The lowest BCUT2D eigenvalue weighted by molar-refractivity contribution is -0.132. The summed E-state index contributed by atoms with van der Waals surface area (Å²) in [6, 6.07) is 14.7. The summed E-state index contributed by atoms with van der Waals surface area (Å²) < 4.78 is 16.3. The number of carbonyl (C=O) groups excluding carboxylic acids is 2. The molecule has 166 valence electrons. The standard InChI is InChI=1S/C24H17ClN2O6/c1-13(28)31-18-10-20(32-14(2)29)22-21(11-18)33-24-15(5-3-8-19(24)23(22)30)12-26-27-17-7-4-6-16(25)9-17/h3-12,27H,1-2H3/b26-12+. The third kappa shape index (κ3) is 4.86. The van der Waals surface area contributed by atoms with Gasteiger partial charge in [-0.25, -0.2) is 0 Å². The molecule has 0 radical (unpaired) electrons. The van der Waals surface area contributed by atoms with E-state index in [0.717, 1.165) is 0 Å². The fourth-order valence-corrected chi connectivity index (χ4v) is 3.45. The Labute approximate surface area is 192 Å². The molecule has 0 saturated heterocycles. The first-order valence-corrected chi connectivity index (χ1v) is 10.1. The van der Waals surface area contributed by atoms with Gasteiger partial charge < -0.3 is 13.9 Å². The first-order chi connectivity index (χ1) is 15.8. The molecule has 9 heteroatoms. The van der Waals surface area contributed by atoms with Gasteiger partial charge in [0.15, 0.2) is 0 Å². The predicted molar refractivity (Wildman–Crippen MR) is 125 cm³/mol. The van der Waals surface area contributed by atoms with Crippen LogP contribution in [0.4, 0.5) is 5.69 Å². The zero-order chi connectivity index (χ0) is 23.5. The number of para-hydroxylation sites is 1. The van der Waals surface area contributed by atoms with Gasteiger partial charge in [0.2, 0.25) is 5.43 Å². The van der Waals surface area contributed by atoms with E-state index in [1.54, 1.807) is 42.5 Å². The van der Waals surface area contributed by atoms with E-state index in [1.807, 2.05) is 0 Å². The predicted octanol–water partition coefficient (Wildman–Crippen LogP) is 4.90. The number of fused-ring (bicyclic) bond motifs is 2. The fraction of sp³-hybridized carbons (Fsp3) is 0.0833. The molecule has 0 atom stereocenters. The van der Waals surface area contributed by atoms with E-state index in [0.29, 0.717) is 16.3 Å². The second-order valence-electron chi connectivity index (χ2n) is 7.02. The van der Waals surface area contributed by atoms with Crippen molar-refractivity contribution in [2.24, 2.45) is 5.10 Å². The molecule has 1 aromatic heterocycles. The van der Waals surface area contributed by atoms with E-state index >= 15 is 0 Å². The lowest BCUT2D eigenvalue weighted by Crippen LogP contribution is -2.10. The normalized spacial score (nSPS) is 11.1. The van der Waals surface area contributed by atoms with Crippen molar-refractivity contribution >= 4 is 57.4 Å². The Morgan fingerprint density at radius 3 is 2.52 bits per heavy atom. The zero-order valence-electron chi connectivity index (χ0n) is 17.5. The SMILES string of the molecule is CC(=O)Oc1cc(OC(C)=O)c2c(=O)c3cccc(/C=N/Nc4cccc(Cl)c4)c3oc2c1. The average Bonchev–Trinajstić information content (AvgIpc) is 2.73. The summed E-state index contributed by atoms with van der Waals surface area (Å²) in [5, 5.41) is 5.07. The molecule has 4 aromatic rings. The molecule has 0 unspecified atom stereocenters. The zero-order valence-corrected chi connectivity index (χ0v) is 18.3. The van der Waals surface area contributed by atoms with Crippen LogP contribution in [0, 0.1) is 0 Å². The van der Waals surface area contributed by atoms with Crippen molar-refractivity contribution in [3.63, 3.8) is 0 Å². The van der Waals surface area contributed by atoms with Crippen molar-refractivity contribution in [3.8, 4) is 11.5 Å². The second kappa shape index (κ2) is 9.13. The Kier molecular flexibility index (Phi) is 6.10. The molecule has 0 bridgehead atoms. The van der Waals surface area contributed by atoms with Crippen molar-refractivity contribution in [1.29, 1.82) is 0 Å². The number of rotatable bonds is 5. The summed E-state index contributed by atoms with van der Waals surface area (Å²) in [6.45, 7) is 2.43. The van der Waals surface area contributed by atoms with Crippen molar-refractivity contribution in [3.05, 3.63) is 75.4 Å². The monoisotopic (exact) mass is 464 g/mol. The molecule has 0 aliphatic carbocycles. The maximum absolute atomic E-state index is 13.3. The minimum absolute atomic E-state index is 0.0553. The van der Waals surface area contributed by atoms with E-state index in [4.69, 9.17) is 25.5 Å². The molecule has 1 N–H and O–H groups in total. The van der Waals surface area contributed by atoms with Crippen LogP contribution in [-0.4, -0.2) is 18.2 Å². The number of esters is 2. The molecule has 3 aromatic carbocycles. The van der Waals surface area contributed by atoms with Crippen LogP contribution in [0.5, 0.6) is 11.5 Å². The number of hydrogen-bond acceptors (Lipinski definition) is 8. The first kappa shape index (κ1) is 22.0. The first-order valence-electron chi connectivity index (χ1n) is 9.77. The number of carbonyl (C=O) groups is 2. The van der Waals surface area contributed by atoms with Crippen LogP contribution >= 0.6 is 11.6 Å².